The maximum atomic E-state index is 3.53. The fraction of sp³-hybridized carbons (Fsp3) is 0.538. The average Bonchev–Trinajstić information content (AvgIpc) is 2.54. The Kier molecular flexibility index (Phi) is 1.84. The number of rotatable bonds is 1. The van der Waals surface area contributed by atoms with Gasteiger partial charge in [0.25, 0.3) is 0 Å². The summed E-state index contributed by atoms with van der Waals surface area (Å²) < 4.78 is 0. The van der Waals surface area contributed by atoms with E-state index in [9.17, 15) is 0 Å². The third-order valence-electron chi connectivity index (χ3n) is 3.86. The van der Waals surface area contributed by atoms with Crippen molar-refractivity contribution < 1.29 is 0 Å². The highest BCUT2D eigenvalue weighted by atomic mass is 15.2. The second-order valence-electron chi connectivity index (χ2n) is 5.18. The van der Waals surface area contributed by atoms with Crippen molar-refractivity contribution in [1.82, 2.24) is 4.90 Å². The van der Waals surface area contributed by atoms with E-state index in [4.69, 9.17) is 0 Å². The molecule has 3 rings (SSSR count). The van der Waals surface area contributed by atoms with Gasteiger partial charge < -0.3 is 5.32 Å². The molecular formula is C13H18N2. The number of para-hydroxylation sites is 1. The van der Waals surface area contributed by atoms with Crippen molar-refractivity contribution in [2.45, 2.75) is 25.3 Å². The molecule has 1 aromatic rings. The van der Waals surface area contributed by atoms with Crippen molar-refractivity contribution in [3.8, 4) is 0 Å². The predicted molar refractivity (Wildman–Crippen MR) is 63.3 cm³/mol. The maximum Gasteiger partial charge on any atom is 0.0400 e. The molecular weight excluding hydrogens is 184 g/mol. The van der Waals surface area contributed by atoms with E-state index in [2.05, 4.69) is 48.3 Å². The van der Waals surface area contributed by atoms with E-state index in [0.29, 0.717) is 11.5 Å². The Morgan fingerprint density at radius 1 is 1.27 bits per heavy atom. The molecule has 1 aromatic carbocycles. The molecule has 0 bridgehead atoms. The molecule has 2 heteroatoms. The quantitative estimate of drug-likeness (QED) is 0.750. The van der Waals surface area contributed by atoms with Crippen LogP contribution in [0.15, 0.2) is 24.3 Å². The highest BCUT2D eigenvalue weighted by Crippen LogP contribution is 2.43. The first-order valence-corrected chi connectivity index (χ1v) is 5.79. The Bertz CT molecular complexity index is 378. The number of fused-ring (bicyclic) bond motifs is 2. The number of hydrogen-bond acceptors (Lipinski definition) is 2. The minimum absolute atomic E-state index is 0.418. The van der Waals surface area contributed by atoms with Crippen LogP contribution in [-0.4, -0.2) is 30.6 Å². The monoisotopic (exact) mass is 202 g/mol. The molecule has 15 heavy (non-hydrogen) atoms. The van der Waals surface area contributed by atoms with Crippen molar-refractivity contribution in [2.75, 3.05) is 25.0 Å². The summed E-state index contributed by atoms with van der Waals surface area (Å²) >= 11 is 0. The zero-order valence-corrected chi connectivity index (χ0v) is 9.46. The van der Waals surface area contributed by atoms with Crippen LogP contribution >= 0.6 is 0 Å². The summed E-state index contributed by atoms with van der Waals surface area (Å²) in [5.41, 5.74) is 3.30. The number of benzene rings is 1. The van der Waals surface area contributed by atoms with Gasteiger partial charge in [0.15, 0.2) is 0 Å². The SMILES string of the molecule is CC(C)N1CC2(CNc3ccccc32)C1. The summed E-state index contributed by atoms with van der Waals surface area (Å²) in [6.45, 7) is 8.11. The first kappa shape index (κ1) is 9.22. The Morgan fingerprint density at radius 2 is 2.00 bits per heavy atom. The summed E-state index contributed by atoms with van der Waals surface area (Å²) in [6.07, 6.45) is 0. The Balaban J connectivity index is 1.87. The third-order valence-corrected chi connectivity index (χ3v) is 3.86. The van der Waals surface area contributed by atoms with Crippen LogP contribution < -0.4 is 5.32 Å². The summed E-state index contributed by atoms with van der Waals surface area (Å²) in [4.78, 5) is 2.55. The molecule has 1 saturated heterocycles. The van der Waals surface area contributed by atoms with Crippen molar-refractivity contribution in [1.29, 1.82) is 0 Å². The molecule has 2 nitrogen and oxygen atoms in total. The van der Waals surface area contributed by atoms with Gasteiger partial charge in [-0.15, -0.1) is 0 Å². The van der Waals surface area contributed by atoms with E-state index < -0.39 is 0 Å². The zero-order valence-electron chi connectivity index (χ0n) is 9.46. The molecule has 0 atom stereocenters. The van der Waals surface area contributed by atoms with E-state index in [1.807, 2.05) is 0 Å². The maximum absolute atomic E-state index is 3.53. The van der Waals surface area contributed by atoms with Crippen LogP contribution in [0, 0.1) is 0 Å². The van der Waals surface area contributed by atoms with Crippen LogP contribution in [0.2, 0.25) is 0 Å². The Morgan fingerprint density at radius 3 is 2.73 bits per heavy atom. The minimum Gasteiger partial charge on any atom is -0.384 e. The normalized spacial score (nSPS) is 22.6. The van der Waals surface area contributed by atoms with Gasteiger partial charge in [0.1, 0.15) is 0 Å². The fourth-order valence-corrected chi connectivity index (χ4v) is 2.84. The van der Waals surface area contributed by atoms with E-state index in [0.717, 1.165) is 6.54 Å². The molecule has 0 saturated carbocycles. The molecule has 2 aliphatic heterocycles. The summed E-state index contributed by atoms with van der Waals surface area (Å²) in [5.74, 6) is 0. The van der Waals surface area contributed by atoms with Crippen LogP contribution in [-0.2, 0) is 5.41 Å². The Hall–Kier alpha value is -1.02. The first-order chi connectivity index (χ1) is 7.21. The predicted octanol–water partition coefficient (Wildman–Crippen LogP) is 2.07. The lowest BCUT2D eigenvalue weighted by atomic mass is 9.75. The summed E-state index contributed by atoms with van der Waals surface area (Å²) in [5, 5.41) is 3.53. The second kappa shape index (κ2) is 2.99. The van der Waals surface area contributed by atoms with E-state index in [1.165, 1.54) is 24.3 Å². The highest BCUT2D eigenvalue weighted by Gasteiger charge is 2.48. The lowest BCUT2D eigenvalue weighted by Gasteiger charge is -2.50. The van der Waals surface area contributed by atoms with Crippen LogP contribution in [0.5, 0.6) is 0 Å². The zero-order chi connectivity index (χ0) is 10.5. The standard InChI is InChI=1S/C13H18N2/c1-10(2)15-8-13(9-15)7-14-12-6-4-3-5-11(12)13/h3-6,10,14H,7-9H2,1-2H3. The average molecular weight is 202 g/mol. The number of nitrogens with one attached hydrogen (secondary N) is 1. The largest absolute Gasteiger partial charge is 0.384 e. The first-order valence-electron chi connectivity index (χ1n) is 5.79. The number of hydrogen-bond donors (Lipinski definition) is 1. The molecule has 0 radical (unpaired) electrons. The van der Waals surface area contributed by atoms with Crippen LogP contribution in [0.4, 0.5) is 5.69 Å². The van der Waals surface area contributed by atoms with E-state index in [-0.39, 0.29) is 0 Å². The van der Waals surface area contributed by atoms with E-state index >= 15 is 0 Å². The highest BCUT2D eigenvalue weighted by molar-refractivity contribution is 5.61. The van der Waals surface area contributed by atoms with Gasteiger partial charge in [0, 0.05) is 36.8 Å². The van der Waals surface area contributed by atoms with Gasteiger partial charge in [-0.2, -0.15) is 0 Å². The van der Waals surface area contributed by atoms with Gasteiger partial charge in [0.2, 0.25) is 0 Å². The number of nitrogens with zero attached hydrogens (tertiary/aromatic N) is 1. The smallest absolute Gasteiger partial charge is 0.0400 e. The molecule has 1 fully saturated rings. The second-order valence-corrected chi connectivity index (χ2v) is 5.18. The summed E-state index contributed by atoms with van der Waals surface area (Å²) in [6, 6.07) is 9.44. The molecule has 0 unspecified atom stereocenters. The fourth-order valence-electron chi connectivity index (χ4n) is 2.84. The van der Waals surface area contributed by atoms with E-state index in [1.54, 1.807) is 0 Å². The topological polar surface area (TPSA) is 15.3 Å². The van der Waals surface area contributed by atoms with Crippen molar-refractivity contribution in [2.24, 2.45) is 0 Å². The minimum atomic E-state index is 0.418. The van der Waals surface area contributed by atoms with Gasteiger partial charge in [0.05, 0.1) is 0 Å². The molecule has 0 amide bonds. The van der Waals surface area contributed by atoms with Gasteiger partial charge >= 0.3 is 0 Å². The molecule has 80 valence electrons. The van der Waals surface area contributed by atoms with Gasteiger partial charge in [-0.3, -0.25) is 4.90 Å². The molecule has 2 heterocycles. The van der Waals surface area contributed by atoms with Crippen molar-refractivity contribution >= 4 is 5.69 Å². The van der Waals surface area contributed by atoms with Gasteiger partial charge in [-0.05, 0) is 25.5 Å². The van der Waals surface area contributed by atoms with Crippen molar-refractivity contribution in [3.05, 3.63) is 29.8 Å². The Labute approximate surface area is 91.3 Å². The molecule has 1 N–H and O–H groups in total. The van der Waals surface area contributed by atoms with Gasteiger partial charge in [-0.1, -0.05) is 18.2 Å². The molecule has 2 aliphatic rings. The summed E-state index contributed by atoms with van der Waals surface area (Å²) in [7, 11) is 0. The van der Waals surface area contributed by atoms with Crippen LogP contribution in [0.3, 0.4) is 0 Å². The van der Waals surface area contributed by atoms with Gasteiger partial charge in [-0.25, -0.2) is 0 Å². The van der Waals surface area contributed by atoms with Crippen LogP contribution in [0.25, 0.3) is 0 Å². The van der Waals surface area contributed by atoms with Crippen molar-refractivity contribution in [3.63, 3.8) is 0 Å². The lowest BCUT2D eigenvalue weighted by Crippen LogP contribution is -2.62. The number of likely N-dealkylation sites (tertiary alicyclic amines) is 1. The molecule has 0 aliphatic carbocycles. The lowest BCUT2D eigenvalue weighted by molar-refractivity contribution is 0.0486. The molecule has 0 aromatic heterocycles. The van der Waals surface area contributed by atoms with Crippen LogP contribution in [0.1, 0.15) is 19.4 Å². The third kappa shape index (κ3) is 1.21. The number of anilines is 1. The molecule has 1 spiro atoms.